The summed E-state index contributed by atoms with van der Waals surface area (Å²) in [5.74, 6) is 0.186. The number of amidine groups is 1. The first-order valence-electron chi connectivity index (χ1n) is 6.09. The third-order valence-corrected chi connectivity index (χ3v) is 3.29. The Morgan fingerprint density at radius 1 is 1.63 bits per heavy atom. The van der Waals surface area contributed by atoms with Gasteiger partial charge in [0.05, 0.1) is 6.10 Å². The SMILES string of the molecule is N/C(=N/O)c1ccnc(OCC2CCCCO2)c1Cl. The molecule has 1 aliphatic rings. The van der Waals surface area contributed by atoms with Gasteiger partial charge in [0.15, 0.2) is 5.84 Å². The first-order chi connectivity index (χ1) is 9.22. The minimum absolute atomic E-state index is 0.0686. The second-order valence-corrected chi connectivity index (χ2v) is 4.64. The summed E-state index contributed by atoms with van der Waals surface area (Å²) < 4.78 is 11.1. The van der Waals surface area contributed by atoms with Crippen molar-refractivity contribution < 1.29 is 14.7 Å². The zero-order chi connectivity index (χ0) is 13.7. The summed E-state index contributed by atoms with van der Waals surface area (Å²) >= 11 is 6.10. The van der Waals surface area contributed by atoms with Crippen LogP contribution in [0.15, 0.2) is 17.4 Å². The molecule has 6 nitrogen and oxygen atoms in total. The molecule has 7 heteroatoms. The molecule has 0 bridgehead atoms. The molecule has 0 saturated carbocycles. The zero-order valence-electron chi connectivity index (χ0n) is 10.4. The molecule has 1 atom stereocenters. The molecule has 1 aromatic heterocycles. The average molecular weight is 286 g/mol. The quantitative estimate of drug-likeness (QED) is 0.381. The number of aromatic nitrogens is 1. The van der Waals surface area contributed by atoms with Crippen LogP contribution in [0.5, 0.6) is 5.88 Å². The van der Waals surface area contributed by atoms with E-state index < -0.39 is 0 Å². The second-order valence-electron chi connectivity index (χ2n) is 4.26. The van der Waals surface area contributed by atoms with Crippen molar-refractivity contribution >= 4 is 17.4 Å². The Labute approximate surface area is 116 Å². The van der Waals surface area contributed by atoms with Crippen molar-refractivity contribution in [2.45, 2.75) is 25.4 Å². The highest BCUT2D eigenvalue weighted by molar-refractivity contribution is 6.35. The number of nitrogens with zero attached hydrogens (tertiary/aromatic N) is 2. The summed E-state index contributed by atoms with van der Waals surface area (Å²) in [6.45, 7) is 1.16. The van der Waals surface area contributed by atoms with Crippen LogP contribution in [-0.4, -0.2) is 35.3 Å². The molecule has 104 valence electrons. The molecule has 1 fully saturated rings. The lowest BCUT2D eigenvalue weighted by Gasteiger charge is -2.22. The fourth-order valence-corrected chi connectivity index (χ4v) is 2.15. The minimum Gasteiger partial charge on any atom is -0.474 e. The third-order valence-electron chi connectivity index (χ3n) is 2.92. The molecule has 0 radical (unpaired) electrons. The van der Waals surface area contributed by atoms with E-state index in [-0.39, 0.29) is 22.8 Å². The molecule has 0 amide bonds. The predicted octanol–water partition coefficient (Wildman–Crippen LogP) is 1.78. The van der Waals surface area contributed by atoms with E-state index in [0.717, 1.165) is 25.9 Å². The molecule has 2 rings (SSSR count). The summed E-state index contributed by atoms with van der Waals surface area (Å²) in [4.78, 5) is 4.04. The minimum atomic E-state index is -0.0776. The van der Waals surface area contributed by atoms with Crippen LogP contribution in [0, 0.1) is 0 Å². The number of ether oxygens (including phenoxy) is 2. The van der Waals surface area contributed by atoms with Crippen molar-refractivity contribution in [3.05, 3.63) is 22.8 Å². The Morgan fingerprint density at radius 3 is 3.16 bits per heavy atom. The van der Waals surface area contributed by atoms with Gasteiger partial charge in [-0.15, -0.1) is 0 Å². The van der Waals surface area contributed by atoms with Crippen molar-refractivity contribution in [3.63, 3.8) is 0 Å². The number of rotatable bonds is 4. The summed E-state index contributed by atoms with van der Waals surface area (Å²) in [5, 5.41) is 11.8. The molecule has 1 aromatic rings. The van der Waals surface area contributed by atoms with E-state index in [0.29, 0.717) is 12.2 Å². The maximum atomic E-state index is 8.66. The molecule has 0 spiro atoms. The predicted molar refractivity (Wildman–Crippen MR) is 70.8 cm³/mol. The first-order valence-corrected chi connectivity index (χ1v) is 6.47. The van der Waals surface area contributed by atoms with Gasteiger partial charge in [-0.25, -0.2) is 4.98 Å². The zero-order valence-corrected chi connectivity index (χ0v) is 11.1. The lowest BCUT2D eigenvalue weighted by Crippen LogP contribution is -2.26. The number of pyridine rings is 1. The number of hydrogen-bond donors (Lipinski definition) is 2. The molecule has 0 aromatic carbocycles. The molecule has 1 unspecified atom stereocenters. The average Bonchev–Trinajstić information content (AvgIpc) is 2.46. The van der Waals surface area contributed by atoms with E-state index in [1.807, 2.05) is 0 Å². The van der Waals surface area contributed by atoms with Gasteiger partial charge >= 0.3 is 0 Å². The molecular formula is C12H16ClN3O3. The monoisotopic (exact) mass is 285 g/mol. The van der Waals surface area contributed by atoms with E-state index >= 15 is 0 Å². The first kappa shape index (κ1) is 13.9. The van der Waals surface area contributed by atoms with Gasteiger partial charge in [0.25, 0.3) is 0 Å². The Bertz CT molecular complexity index is 462. The van der Waals surface area contributed by atoms with Gasteiger partial charge in [0, 0.05) is 18.4 Å². The summed E-state index contributed by atoms with van der Waals surface area (Å²) in [6, 6.07) is 1.56. The normalized spacial score (nSPS) is 20.3. The Hall–Kier alpha value is -1.53. The summed E-state index contributed by atoms with van der Waals surface area (Å²) in [6.07, 6.45) is 4.76. The standard InChI is InChI=1S/C12H16ClN3O3/c13-10-9(11(14)16-17)4-5-15-12(10)19-7-8-3-1-2-6-18-8/h4-5,8,17H,1-3,6-7H2,(H2,14,16). The Morgan fingerprint density at radius 2 is 2.47 bits per heavy atom. The van der Waals surface area contributed by atoms with E-state index in [2.05, 4.69) is 10.1 Å². The fraction of sp³-hybridized carbons (Fsp3) is 0.500. The number of halogens is 1. The molecule has 0 aliphatic carbocycles. The van der Waals surface area contributed by atoms with Gasteiger partial charge < -0.3 is 20.4 Å². The largest absolute Gasteiger partial charge is 0.474 e. The smallest absolute Gasteiger partial charge is 0.233 e. The molecule has 1 saturated heterocycles. The summed E-state index contributed by atoms with van der Waals surface area (Å²) in [5.41, 5.74) is 5.90. The van der Waals surface area contributed by atoms with E-state index in [1.54, 1.807) is 6.07 Å². The van der Waals surface area contributed by atoms with Gasteiger partial charge in [-0.1, -0.05) is 16.8 Å². The van der Waals surface area contributed by atoms with Crippen LogP contribution in [-0.2, 0) is 4.74 Å². The maximum absolute atomic E-state index is 8.66. The van der Waals surface area contributed by atoms with Gasteiger partial charge in [-0.2, -0.15) is 0 Å². The fourth-order valence-electron chi connectivity index (χ4n) is 1.89. The molecule has 2 heterocycles. The second kappa shape index (κ2) is 6.58. The highest BCUT2D eigenvalue weighted by Gasteiger charge is 2.17. The number of hydrogen-bond acceptors (Lipinski definition) is 5. The van der Waals surface area contributed by atoms with Crippen LogP contribution in [0.1, 0.15) is 24.8 Å². The van der Waals surface area contributed by atoms with Crippen molar-refractivity contribution in [2.24, 2.45) is 10.9 Å². The van der Waals surface area contributed by atoms with Crippen molar-refractivity contribution in [3.8, 4) is 5.88 Å². The van der Waals surface area contributed by atoms with Gasteiger partial charge in [-0.3, -0.25) is 0 Å². The third kappa shape index (κ3) is 3.48. The Balaban J connectivity index is 2.04. The van der Waals surface area contributed by atoms with Crippen molar-refractivity contribution in [2.75, 3.05) is 13.2 Å². The van der Waals surface area contributed by atoms with Crippen molar-refractivity contribution in [1.29, 1.82) is 0 Å². The van der Waals surface area contributed by atoms with Crippen LogP contribution < -0.4 is 10.5 Å². The van der Waals surface area contributed by atoms with Crippen LogP contribution in [0.25, 0.3) is 0 Å². The molecular weight excluding hydrogens is 270 g/mol. The van der Waals surface area contributed by atoms with E-state index in [9.17, 15) is 0 Å². The molecule has 1 aliphatic heterocycles. The van der Waals surface area contributed by atoms with E-state index in [4.69, 9.17) is 32.0 Å². The molecule has 19 heavy (non-hydrogen) atoms. The van der Waals surface area contributed by atoms with Gasteiger partial charge in [0.1, 0.15) is 11.6 Å². The lowest BCUT2D eigenvalue weighted by molar-refractivity contribution is -0.0119. The Kier molecular flexibility index (Phi) is 4.81. The van der Waals surface area contributed by atoms with Crippen LogP contribution in [0.4, 0.5) is 0 Å². The maximum Gasteiger partial charge on any atom is 0.233 e. The summed E-state index contributed by atoms with van der Waals surface area (Å²) in [7, 11) is 0. The van der Waals surface area contributed by atoms with Gasteiger partial charge in [-0.05, 0) is 25.3 Å². The topological polar surface area (TPSA) is 90.0 Å². The number of oxime groups is 1. The van der Waals surface area contributed by atoms with E-state index in [1.165, 1.54) is 6.20 Å². The molecule has 3 N–H and O–H groups in total. The van der Waals surface area contributed by atoms with Crippen LogP contribution >= 0.6 is 11.6 Å². The van der Waals surface area contributed by atoms with Crippen molar-refractivity contribution in [1.82, 2.24) is 4.98 Å². The lowest BCUT2D eigenvalue weighted by atomic mass is 10.1. The highest BCUT2D eigenvalue weighted by atomic mass is 35.5. The van der Waals surface area contributed by atoms with Crippen LogP contribution in [0.3, 0.4) is 0 Å². The highest BCUT2D eigenvalue weighted by Crippen LogP contribution is 2.26. The number of nitrogens with two attached hydrogens (primary N) is 1. The van der Waals surface area contributed by atoms with Crippen LogP contribution in [0.2, 0.25) is 5.02 Å². The van der Waals surface area contributed by atoms with Gasteiger partial charge in [0.2, 0.25) is 5.88 Å².